The number of ether oxygens (including phenoxy) is 2. The molecule has 3 aromatic rings. The average molecular weight is 619 g/mol. The van der Waals surface area contributed by atoms with Gasteiger partial charge in [-0.15, -0.1) is 11.3 Å². The summed E-state index contributed by atoms with van der Waals surface area (Å²) >= 11 is 10.2. The van der Waals surface area contributed by atoms with E-state index in [9.17, 15) is 5.26 Å². The van der Waals surface area contributed by atoms with E-state index in [-0.39, 0.29) is 5.41 Å². The Morgan fingerprint density at radius 1 is 1.29 bits per heavy atom. The topological polar surface area (TPSA) is 54.6 Å². The van der Waals surface area contributed by atoms with Crippen LogP contribution in [-0.4, -0.2) is 13.3 Å². The Morgan fingerprint density at radius 3 is 2.74 bits per heavy atom. The highest BCUT2D eigenvalue weighted by atomic mass is 127. The monoisotopic (exact) mass is 618 g/mol. The lowest BCUT2D eigenvalue weighted by atomic mass is 9.72. The minimum absolute atomic E-state index is 0.265. The van der Waals surface area contributed by atoms with Gasteiger partial charge in [0.1, 0.15) is 17.7 Å². The van der Waals surface area contributed by atoms with Crippen molar-refractivity contribution in [1.29, 1.82) is 5.26 Å². The maximum absolute atomic E-state index is 9.86. The van der Waals surface area contributed by atoms with E-state index in [0.29, 0.717) is 29.0 Å². The van der Waals surface area contributed by atoms with E-state index in [1.807, 2.05) is 42.6 Å². The second-order valence-corrected chi connectivity index (χ2v) is 12.4. The maximum atomic E-state index is 9.86. The molecule has 1 atom stereocenters. The van der Waals surface area contributed by atoms with Crippen molar-refractivity contribution in [3.05, 3.63) is 72.1 Å². The van der Waals surface area contributed by atoms with Crippen LogP contribution >= 0.6 is 45.5 Å². The van der Waals surface area contributed by atoms with Crippen LogP contribution < -0.4 is 9.47 Å². The smallest absolute Gasteiger partial charge is 0.174 e. The SMILES string of the molecule is COc1cc(C=Nc2sc3c(c2C#N)CC[C@H](C(C)(C)C)C3)cc(I)c1OCc1ccccc1Cl. The van der Waals surface area contributed by atoms with Crippen molar-refractivity contribution >= 4 is 56.7 Å². The normalized spacial score (nSPS) is 15.6. The fraction of sp³-hybridized carbons (Fsp3) is 0.357. The lowest BCUT2D eigenvalue weighted by Gasteiger charge is -2.33. The number of hydrogen-bond acceptors (Lipinski definition) is 5. The number of aliphatic imine (C=N–C) groups is 1. The average Bonchev–Trinajstić information content (AvgIpc) is 3.18. The van der Waals surface area contributed by atoms with E-state index in [1.54, 1.807) is 18.4 Å². The number of thiophene rings is 1. The van der Waals surface area contributed by atoms with Gasteiger partial charge in [0.15, 0.2) is 11.5 Å². The molecule has 0 saturated heterocycles. The Morgan fingerprint density at radius 2 is 2.06 bits per heavy atom. The summed E-state index contributed by atoms with van der Waals surface area (Å²) in [5.74, 6) is 1.92. The van der Waals surface area contributed by atoms with Gasteiger partial charge in [-0.3, -0.25) is 0 Å². The van der Waals surface area contributed by atoms with Gasteiger partial charge in [0.05, 0.1) is 16.2 Å². The Kier molecular flexibility index (Phi) is 8.09. The molecule has 0 radical (unpaired) electrons. The van der Waals surface area contributed by atoms with Crippen LogP contribution in [0.2, 0.25) is 5.02 Å². The fourth-order valence-corrected chi connectivity index (χ4v) is 6.56. The minimum atomic E-state index is 0.265. The molecular formula is C28H28ClIN2O2S. The zero-order valence-electron chi connectivity index (χ0n) is 20.3. The van der Waals surface area contributed by atoms with Crippen molar-refractivity contribution in [2.24, 2.45) is 16.3 Å². The Bertz CT molecular complexity index is 1300. The van der Waals surface area contributed by atoms with Crippen LogP contribution in [-0.2, 0) is 19.4 Å². The molecule has 0 aliphatic heterocycles. The third-order valence-corrected chi connectivity index (χ3v) is 8.83. The summed E-state index contributed by atoms with van der Waals surface area (Å²) < 4.78 is 12.6. The van der Waals surface area contributed by atoms with Crippen molar-refractivity contribution in [3.63, 3.8) is 0 Å². The third-order valence-electron chi connectivity index (χ3n) is 6.50. The van der Waals surface area contributed by atoms with Gasteiger partial charge in [0.2, 0.25) is 0 Å². The van der Waals surface area contributed by atoms with Crippen molar-refractivity contribution in [2.45, 2.75) is 46.6 Å². The highest BCUT2D eigenvalue weighted by Crippen LogP contribution is 2.45. The molecule has 0 saturated carbocycles. The number of nitriles is 1. The minimum Gasteiger partial charge on any atom is -0.493 e. The number of rotatable bonds is 6. The van der Waals surface area contributed by atoms with Gasteiger partial charge < -0.3 is 9.47 Å². The predicted molar refractivity (Wildman–Crippen MR) is 153 cm³/mol. The number of fused-ring (bicyclic) bond motifs is 1. The number of hydrogen-bond donors (Lipinski definition) is 0. The van der Waals surface area contributed by atoms with Gasteiger partial charge in [-0.05, 0) is 82.5 Å². The number of benzene rings is 2. The molecule has 4 rings (SSSR count). The summed E-state index contributed by atoms with van der Waals surface area (Å²) in [4.78, 5) is 6.06. The maximum Gasteiger partial charge on any atom is 0.174 e. The Hall–Kier alpha value is -2.08. The molecule has 1 aliphatic carbocycles. The third kappa shape index (κ3) is 5.84. The molecule has 1 aromatic heterocycles. The van der Waals surface area contributed by atoms with E-state index >= 15 is 0 Å². The van der Waals surface area contributed by atoms with Gasteiger partial charge in [-0.1, -0.05) is 50.6 Å². The summed E-state index contributed by atoms with van der Waals surface area (Å²) in [7, 11) is 1.63. The van der Waals surface area contributed by atoms with Gasteiger partial charge >= 0.3 is 0 Å². The molecule has 1 heterocycles. The molecule has 1 aliphatic rings. The van der Waals surface area contributed by atoms with Crippen LogP contribution in [0.3, 0.4) is 0 Å². The van der Waals surface area contributed by atoms with Crippen molar-refractivity contribution in [1.82, 2.24) is 0 Å². The van der Waals surface area contributed by atoms with Crippen molar-refractivity contribution in [2.75, 3.05) is 7.11 Å². The second-order valence-electron chi connectivity index (χ2n) is 9.77. The first-order chi connectivity index (χ1) is 16.7. The Labute approximate surface area is 230 Å². The van der Waals surface area contributed by atoms with E-state index in [4.69, 9.17) is 26.1 Å². The highest BCUT2D eigenvalue weighted by molar-refractivity contribution is 14.1. The molecule has 0 spiro atoms. The standard InChI is InChI=1S/C28H28ClIN2O2S/c1-28(2,3)19-9-10-20-21(14-31)27(35-25(20)13-19)32-15-17-11-23(30)26(24(12-17)33-4)34-16-18-7-5-6-8-22(18)29/h5-8,11-12,15,19H,9-10,13,16H2,1-4H3/t19-/m0/s1. The first kappa shape index (κ1) is 26.0. The molecule has 0 amide bonds. The van der Waals surface area contributed by atoms with Crippen LogP contribution in [0.1, 0.15) is 54.3 Å². The molecule has 0 bridgehead atoms. The van der Waals surface area contributed by atoms with Crippen LogP contribution in [0, 0.1) is 26.2 Å². The van der Waals surface area contributed by atoms with Gasteiger partial charge in [0.25, 0.3) is 0 Å². The zero-order chi connectivity index (χ0) is 25.2. The molecule has 0 N–H and O–H groups in total. The Balaban J connectivity index is 1.57. The zero-order valence-corrected chi connectivity index (χ0v) is 24.1. The van der Waals surface area contributed by atoms with Gasteiger partial charge in [-0.25, -0.2) is 4.99 Å². The number of halogens is 2. The number of methoxy groups -OCH3 is 1. The molecule has 0 fully saturated rings. The van der Waals surface area contributed by atoms with E-state index in [2.05, 4.69) is 49.4 Å². The summed E-state index contributed by atoms with van der Waals surface area (Å²) in [6.07, 6.45) is 4.91. The van der Waals surface area contributed by atoms with E-state index in [1.165, 1.54) is 10.4 Å². The summed E-state index contributed by atoms with van der Waals surface area (Å²) in [5.41, 5.74) is 3.99. The quantitative estimate of drug-likeness (QED) is 0.206. The number of nitrogens with zero attached hydrogens (tertiary/aromatic N) is 2. The summed E-state index contributed by atoms with van der Waals surface area (Å²) in [5, 5.41) is 11.3. The summed E-state index contributed by atoms with van der Waals surface area (Å²) in [6.45, 7) is 7.26. The molecule has 0 unspecified atom stereocenters. The van der Waals surface area contributed by atoms with Crippen LogP contribution in [0.5, 0.6) is 11.5 Å². The molecule has 35 heavy (non-hydrogen) atoms. The van der Waals surface area contributed by atoms with Gasteiger partial charge in [-0.2, -0.15) is 5.26 Å². The van der Waals surface area contributed by atoms with Crippen molar-refractivity contribution in [3.8, 4) is 17.6 Å². The van der Waals surface area contributed by atoms with Crippen LogP contribution in [0.4, 0.5) is 5.00 Å². The lowest BCUT2D eigenvalue weighted by Crippen LogP contribution is -2.26. The molecule has 2 aromatic carbocycles. The van der Waals surface area contributed by atoms with Crippen molar-refractivity contribution < 1.29 is 9.47 Å². The first-order valence-corrected chi connectivity index (χ1v) is 13.8. The first-order valence-electron chi connectivity index (χ1n) is 11.5. The highest BCUT2D eigenvalue weighted by Gasteiger charge is 2.32. The molecule has 182 valence electrons. The second kappa shape index (κ2) is 10.9. The van der Waals surface area contributed by atoms with E-state index in [0.717, 1.165) is 44.5 Å². The van der Waals surface area contributed by atoms with Gasteiger partial charge in [0, 0.05) is 21.7 Å². The van der Waals surface area contributed by atoms with E-state index < -0.39 is 0 Å². The lowest BCUT2D eigenvalue weighted by molar-refractivity contribution is 0.218. The molecule has 7 heteroatoms. The van der Waals surface area contributed by atoms with Crippen LogP contribution in [0.25, 0.3) is 0 Å². The fourth-order valence-electron chi connectivity index (χ4n) is 4.37. The predicted octanol–water partition coefficient (Wildman–Crippen LogP) is 8.37. The summed E-state index contributed by atoms with van der Waals surface area (Å²) in [6, 6.07) is 14.0. The van der Waals surface area contributed by atoms with Crippen LogP contribution in [0.15, 0.2) is 41.4 Å². The largest absolute Gasteiger partial charge is 0.493 e. The molecular weight excluding hydrogens is 591 g/mol. The molecule has 4 nitrogen and oxygen atoms in total.